The van der Waals surface area contributed by atoms with Crippen molar-refractivity contribution in [2.45, 2.75) is 37.3 Å². The lowest BCUT2D eigenvalue weighted by molar-refractivity contribution is 0.199. The summed E-state index contributed by atoms with van der Waals surface area (Å²) in [7, 11) is 1.97. The zero-order valence-corrected chi connectivity index (χ0v) is 12.6. The predicted molar refractivity (Wildman–Crippen MR) is 77.8 cm³/mol. The first-order valence-corrected chi connectivity index (χ1v) is 7.55. The van der Waals surface area contributed by atoms with Crippen molar-refractivity contribution in [3.05, 3.63) is 17.5 Å². The van der Waals surface area contributed by atoms with Gasteiger partial charge in [-0.25, -0.2) is 0 Å². The van der Waals surface area contributed by atoms with Crippen LogP contribution >= 0.6 is 11.8 Å². The van der Waals surface area contributed by atoms with Crippen LogP contribution in [0.1, 0.15) is 31.1 Å². The maximum absolute atomic E-state index is 6.02. The Hall–Kier alpha value is -0.520. The van der Waals surface area contributed by atoms with Crippen LogP contribution in [0, 0.1) is 6.92 Å². The molecule has 5 heteroatoms. The van der Waals surface area contributed by atoms with Gasteiger partial charge in [-0.2, -0.15) is 16.9 Å². The number of thioether (sulfide) groups is 1. The quantitative estimate of drug-likeness (QED) is 0.903. The molecule has 102 valence electrons. The summed E-state index contributed by atoms with van der Waals surface area (Å²) in [6.07, 6.45) is 2.12. The molecule has 3 unspecified atom stereocenters. The lowest BCUT2D eigenvalue weighted by Crippen LogP contribution is -2.44. The van der Waals surface area contributed by atoms with Crippen LogP contribution in [0.3, 0.4) is 0 Å². The van der Waals surface area contributed by atoms with Crippen molar-refractivity contribution in [2.24, 2.45) is 12.8 Å². The lowest BCUT2D eigenvalue weighted by atomic mass is 10.1. The third-order valence-electron chi connectivity index (χ3n) is 3.52. The highest BCUT2D eigenvalue weighted by atomic mass is 32.2. The van der Waals surface area contributed by atoms with Crippen molar-refractivity contribution < 1.29 is 0 Å². The first-order chi connectivity index (χ1) is 8.51. The molecule has 0 amide bonds. The van der Waals surface area contributed by atoms with E-state index in [0.717, 1.165) is 18.8 Å². The van der Waals surface area contributed by atoms with E-state index in [1.165, 1.54) is 5.56 Å². The summed E-state index contributed by atoms with van der Waals surface area (Å²) in [6, 6.07) is 0.310. The molecule has 0 radical (unpaired) electrons. The Kier molecular flexibility index (Phi) is 4.35. The Morgan fingerprint density at radius 3 is 2.50 bits per heavy atom. The van der Waals surface area contributed by atoms with Crippen molar-refractivity contribution in [1.82, 2.24) is 14.7 Å². The van der Waals surface area contributed by atoms with Crippen LogP contribution in [-0.2, 0) is 7.05 Å². The highest BCUT2D eigenvalue weighted by molar-refractivity contribution is 8.00. The van der Waals surface area contributed by atoms with Gasteiger partial charge in [-0.15, -0.1) is 0 Å². The third-order valence-corrected chi connectivity index (χ3v) is 4.75. The molecular formula is C13H24N4S. The molecule has 4 nitrogen and oxygen atoms in total. The number of nitrogens with zero attached hydrogens (tertiary/aromatic N) is 3. The molecule has 1 fully saturated rings. The second-order valence-electron chi connectivity index (χ2n) is 5.31. The first-order valence-electron chi connectivity index (χ1n) is 6.61. The zero-order valence-electron chi connectivity index (χ0n) is 11.8. The summed E-state index contributed by atoms with van der Waals surface area (Å²) in [5.74, 6) is 0. The standard InChI is InChI=1S/C13H24N4S/c1-9-6-17(7-10(2)18-9)13(5-14)12-8-16(4)15-11(12)3/h8-10,13H,5-7,14H2,1-4H3. The van der Waals surface area contributed by atoms with Crippen LogP contribution < -0.4 is 5.73 Å². The Morgan fingerprint density at radius 2 is 2.06 bits per heavy atom. The minimum absolute atomic E-state index is 0.310. The second-order valence-corrected chi connectivity index (χ2v) is 7.19. The first kappa shape index (κ1) is 13.9. The minimum Gasteiger partial charge on any atom is -0.329 e. The lowest BCUT2D eigenvalue weighted by Gasteiger charge is -2.39. The van der Waals surface area contributed by atoms with Crippen molar-refractivity contribution in [3.63, 3.8) is 0 Å². The van der Waals surface area contributed by atoms with Gasteiger partial charge in [0.1, 0.15) is 0 Å². The zero-order chi connectivity index (χ0) is 13.3. The summed E-state index contributed by atoms with van der Waals surface area (Å²) < 4.78 is 1.89. The topological polar surface area (TPSA) is 47.1 Å². The smallest absolute Gasteiger partial charge is 0.0641 e. The van der Waals surface area contributed by atoms with Gasteiger partial charge in [0.25, 0.3) is 0 Å². The molecule has 1 saturated heterocycles. The fourth-order valence-corrected chi connectivity index (χ4v) is 4.24. The molecule has 0 aromatic carbocycles. The van der Waals surface area contributed by atoms with Crippen LogP contribution in [0.2, 0.25) is 0 Å². The number of hydrogen-bond donors (Lipinski definition) is 1. The molecule has 2 N–H and O–H groups in total. The van der Waals surface area contributed by atoms with Gasteiger partial charge in [-0.1, -0.05) is 13.8 Å². The van der Waals surface area contributed by atoms with Crippen LogP contribution in [-0.4, -0.2) is 44.8 Å². The number of rotatable bonds is 3. The molecule has 3 atom stereocenters. The van der Waals surface area contributed by atoms with Gasteiger partial charge in [0.15, 0.2) is 0 Å². The van der Waals surface area contributed by atoms with E-state index in [4.69, 9.17) is 5.73 Å². The molecule has 2 rings (SSSR count). The van der Waals surface area contributed by atoms with Gasteiger partial charge < -0.3 is 5.73 Å². The molecule has 0 saturated carbocycles. The SMILES string of the molecule is Cc1nn(C)cc1C(CN)N1CC(C)SC(C)C1. The summed E-state index contributed by atoms with van der Waals surface area (Å²) >= 11 is 2.07. The van der Waals surface area contributed by atoms with E-state index in [1.807, 2.05) is 11.7 Å². The molecule has 18 heavy (non-hydrogen) atoms. The molecule has 1 aromatic rings. The third kappa shape index (κ3) is 2.90. The van der Waals surface area contributed by atoms with E-state index in [2.05, 4.69) is 48.7 Å². The van der Waals surface area contributed by atoms with Crippen LogP contribution in [0.15, 0.2) is 6.20 Å². The number of aryl methyl sites for hydroxylation is 2. The number of nitrogens with two attached hydrogens (primary N) is 1. The Balaban J connectivity index is 2.20. The van der Waals surface area contributed by atoms with Crippen molar-refractivity contribution in [2.75, 3.05) is 19.6 Å². The molecule has 2 heterocycles. The maximum atomic E-state index is 6.02. The average molecular weight is 268 g/mol. The summed E-state index contributed by atoms with van der Waals surface area (Å²) in [4.78, 5) is 2.52. The average Bonchev–Trinajstić information content (AvgIpc) is 2.58. The molecule has 0 spiro atoms. The van der Waals surface area contributed by atoms with Crippen LogP contribution in [0.5, 0.6) is 0 Å². The predicted octanol–water partition coefficient (Wildman–Crippen LogP) is 1.55. The van der Waals surface area contributed by atoms with Gasteiger partial charge in [-0.3, -0.25) is 9.58 Å². The number of aromatic nitrogens is 2. The normalized spacial score (nSPS) is 27.4. The summed E-state index contributed by atoms with van der Waals surface area (Å²) in [6.45, 7) is 9.57. The van der Waals surface area contributed by atoms with Gasteiger partial charge in [0.2, 0.25) is 0 Å². The van der Waals surface area contributed by atoms with Crippen LogP contribution in [0.4, 0.5) is 0 Å². The van der Waals surface area contributed by atoms with E-state index in [9.17, 15) is 0 Å². The molecule has 1 aliphatic rings. The monoisotopic (exact) mass is 268 g/mol. The Bertz CT molecular complexity index is 394. The van der Waals surface area contributed by atoms with Crippen LogP contribution in [0.25, 0.3) is 0 Å². The van der Waals surface area contributed by atoms with E-state index in [-0.39, 0.29) is 0 Å². The van der Waals surface area contributed by atoms with Crippen molar-refractivity contribution >= 4 is 11.8 Å². The fourth-order valence-electron chi connectivity index (χ4n) is 2.89. The van der Waals surface area contributed by atoms with Gasteiger partial charge >= 0.3 is 0 Å². The minimum atomic E-state index is 0.310. The van der Waals surface area contributed by atoms with E-state index in [1.54, 1.807) is 0 Å². The van der Waals surface area contributed by atoms with Gasteiger partial charge in [-0.05, 0) is 6.92 Å². The Morgan fingerprint density at radius 1 is 1.44 bits per heavy atom. The van der Waals surface area contributed by atoms with Crippen molar-refractivity contribution in [1.29, 1.82) is 0 Å². The van der Waals surface area contributed by atoms with E-state index in [0.29, 0.717) is 23.1 Å². The molecule has 1 aliphatic heterocycles. The fraction of sp³-hybridized carbons (Fsp3) is 0.769. The second kappa shape index (κ2) is 5.63. The highest BCUT2D eigenvalue weighted by Gasteiger charge is 2.29. The highest BCUT2D eigenvalue weighted by Crippen LogP contribution is 2.31. The van der Waals surface area contributed by atoms with Gasteiger partial charge in [0.05, 0.1) is 11.7 Å². The summed E-state index contributed by atoms with van der Waals surface area (Å²) in [5, 5.41) is 5.80. The Labute approximate surface area is 114 Å². The maximum Gasteiger partial charge on any atom is 0.0641 e. The largest absolute Gasteiger partial charge is 0.329 e. The molecule has 0 bridgehead atoms. The van der Waals surface area contributed by atoms with E-state index < -0.39 is 0 Å². The van der Waals surface area contributed by atoms with Gasteiger partial charge in [0, 0.05) is 48.9 Å². The molecule has 0 aliphatic carbocycles. The molecule has 1 aromatic heterocycles. The number of hydrogen-bond acceptors (Lipinski definition) is 4. The van der Waals surface area contributed by atoms with E-state index >= 15 is 0 Å². The van der Waals surface area contributed by atoms with Crippen molar-refractivity contribution in [3.8, 4) is 0 Å². The summed E-state index contributed by atoms with van der Waals surface area (Å²) in [5.41, 5.74) is 8.41. The molecular weight excluding hydrogens is 244 g/mol.